The van der Waals surface area contributed by atoms with Crippen LogP contribution in [0.25, 0.3) is 0 Å². The molecule has 1 heterocycles. The Bertz CT molecular complexity index is 296. The first kappa shape index (κ1) is 13.8. The Morgan fingerprint density at radius 3 is 2.67 bits per heavy atom. The summed E-state index contributed by atoms with van der Waals surface area (Å²) in [7, 11) is 0. The molecular formula is C14H26N2O2. The Hall–Kier alpha value is -0.610. The molecule has 2 rings (SSSR count). The van der Waals surface area contributed by atoms with Gasteiger partial charge in [-0.25, -0.2) is 0 Å². The summed E-state index contributed by atoms with van der Waals surface area (Å²) < 4.78 is 0. The van der Waals surface area contributed by atoms with E-state index in [9.17, 15) is 9.90 Å². The quantitative estimate of drug-likeness (QED) is 0.794. The van der Waals surface area contributed by atoms with Crippen LogP contribution in [0.3, 0.4) is 0 Å². The number of rotatable bonds is 4. The second-order valence-electron chi connectivity index (χ2n) is 5.79. The van der Waals surface area contributed by atoms with Gasteiger partial charge in [0.25, 0.3) is 0 Å². The van der Waals surface area contributed by atoms with E-state index >= 15 is 0 Å². The van der Waals surface area contributed by atoms with Gasteiger partial charge in [-0.05, 0) is 38.6 Å². The minimum absolute atomic E-state index is 0.150. The lowest BCUT2D eigenvalue weighted by Crippen LogP contribution is -2.55. The van der Waals surface area contributed by atoms with Crippen LogP contribution < -0.4 is 5.73 Å². The molecule has 0 aromatic rings. The smallest absolute Gasteiger partial charge is 0.234 e. The number of aliphatic hydroxyl groups is 1. The van der Waals surface area contributed by atoms with Gasteiger partial charge in [0.1, 0.15) is 0 Å². The normalized spacial score (nSPS) is 35.6. The first-order valence-corrected chi connectivity index (χ1v) is 7.38. The topological polar surface area (TPSA) is 66.6 Å². The number of carbonyl (C=O) groups excluding carboxylic acids is 1. The van der Waals surface area contributed by atoms with Crippen molar-refractivity contribution in [2.75, 3.05) is 6.54 Å². The zero-order valence-electron chi connectivity index (χ0n) is 11.3. The molecule has 0 spiro atoms. The van der Waals surface area contributed by atoms with E-state index in [2.05, 4.69) is 4.90 Å². The maximum Gasteiger partial charge on any atom is 0.234 e. The van der Waals surface area contributed by atoms with Gasteiger partial charge in [-0.1, -0.05) is 19.8 Å². The lowest BCUT2D eigenvalue weighted by atomic mass is 9.86. The Kier molecular flexibility index (Phi) is 4.62. The number of nitrogens with two attached hydrogens (primary N) is 1. The van der Waals surface area contributed by atoms with Crippen LogP contribution in [0.1, 0.15) is 51.9 Å². The van der Waals surface area contributed by atoms with Crippen molar-refractivity contribution in [3.8, 4) is 0 Å². The van der Waals surface area contributed by atoms with Crippen molar-refractivity contribution < 1.29 is 9.90 Å². The molecule has 0 radical (unpaired) electrons. The summed E-state index contributed by atoms with van der Waals surface area (Å²) in [5.74, 6) is 0.135. The van der Waals surface area contributed by atoms with E-state index in [1.807, 2.05) is 6.92 Å². The number of primary amides is 1. The molecule has 0 aromatic carbocycles. The van der Waals surface area contributed by atoms with Crippen LogP contribution in [0, 0.1) is 5.92 Å². The Balaban J connectivity index is 2.12. The van der Waals surface area contributed by atoms with E-state index in [0.717, 1.165) is 45.1 Å². The fourth-order valence-corrected chi connectivity index (χ4v) is 3.84. The number of carbonyl (C=O) groups is 1. The van der Waals surface area contributed by atoms with Crippen LogP contribution in [0.15, 0.2) is 0 Å². The molecule has 1 saturated heterocycles. The molecule has 4 heteroatoms. The third-order valence-electron chi connectivity index (χ3n) is 4.73. The molecule has 0 bridgehead atoms. The molecule has 2 aliphatic rings. The van der Waals surface area contributed by atoms with Crippen molar-refractivity contribution in [1.29, 1.82) is 0 Å². The third-order valence-corrected chi connectivity index (χ3v) is 4.73. The van der Waals surface area contributed by atoms with Crippen molar-refractivity contribution in [3.05, 3.63) is 0 Å². The van der Waals surface area contributed by atoms with Crippen molar-refractivity contribution in [2.45, 2.75) is 70.1 Å². The van der Waals surface area contributed by atoms with Crippen LogP contribution in [-0.4, -0.2) is 40.6 Å². The van der Waals surface area contributed by atoms with Gasteiger partial charge >= 0.3 is 0 Å². The standard InChI is InChI=1S/C14H26N2O2/c1-2-11(14(15)18)16-9-4-3-7-12(16)10-6-5-8-13(10)17/h10-13,17H,2-9H2,1H3,(H2,15,18). The number of nitrogens with zero attached hydrogens (tertiary/aromatic N) is 1. The highest BCUT2D eigenvalue weighted by molar-refractivity contribution is 5.79. The molecular weight excluding hydrogens is 228 g/mol. The van der Waals surface area contributed by atoms with E-state index in [0.29, 0.717) is 12.0 Å². The molecule has 104 valence electrons. The van der Waals surface area contributed by atoms with Gasteiger partial charge in [-0.15, -0.1) is 0 Å². The number of likely N-dealkylation sites (tertiary alicyclic amines) is 1. The second kappa shape index (κ2) is 6.02. The lowest BCUT2D eigenvalue weighted by molar-refractivity contribution is -0.126. The average molecular weight is 254 g/mol. The first-order chi connectivity index (χ1) is 8.65. The highest BCUT2D eigenvalue weighted by Crippen LogP contribution is 2.36. The van der Waals surface area contributed by atoms with Crippen LogP contribution in [-0.2, 0) is 4.79 Å². The zero-order valence-corrected chi connectivity index (χ0v) is 11.3. The predicted molar refractivity (Wildman–Crippen MR) is 71.0 cm³/mol. The van der Waals surface area contributed by atoms with Crippen LogP contribution in [0.5, 0.6) is 0 Å². The maximum atomic E-state index is 11.6. The fourth-order valence-electron chi connectivity index (χ4n) is 3.84. The number of hydrogen-bond acceptors (Lipinski definition) is 3. The van der Waals surface area contributed by atoms with Gasteiger partial charge < -0.3 is 10.8 Å². The minimum Gasteiger partial charge on any atom is -0.393 e. The molecule has 3 N–H and O–H groups in total. The largest absolute Gasteiger partial charge is 0.393 e. The summed E-state index contributed by atoms with van der Waals surface area (Å²) in [6.07, 6.45) is 7.17. The Morgan fingerprint density at radius 2 is 2.11 bits per heavy atom. The fraction of sp³-hybridized carbons (Fsp3) is 0.929. The van der Waals surface area contributed by atoms with E-state index < -0.39 is 0 Å². The van der Waals surface area contributed by atoms with Crippen LogP contribution in [0.2, 0.25) is 0 Å². The number of amides is 1. The highest BCUT2D eigenvalue weighted by atomic mass is 16.3. The molecule has 1 aliphatic carbocycles. The third kappa shape index (κ3) is 2.69. The number of aliphatic hydroxyl groups excluding tert-OH is 1. The summed E-state index contributed by atoms with van der Waals surface area (Å²) in [6.45, 7) is 2.97. The molecule has 1 amide bonds. The number of hydrogen-bond donors (Lipinski definition) is 2. The van der Waals surface area contributed by atoms with E-state index in [1.54, 1.807) is 0 Å². The summed E-state index contributed by atoms with van der Waals surface area (Å²) in [5.41, 5.74) is 5.53. The second-order valence-corrected chi connectivity index (χ2v) is 5.79. The Morgan fingerprint density at radius 1 is 1.33 bits per heavy atom. The van der Waals surface area contributed by atoms with Gasteiger partial charge in [0.2, 0.25) is 5.91 Å². The van der Waals surface area contributed by atoms with Crippen molar-refractivity contribution in [3.63, 3.8) is 0 Å². The molecule has 4 unspecified atom stereocenters. The van der Waals surface area contributed by atoms with Gasteiger partial charge in [0, 0.05) is 12.0 Å². The lowest BCUT2D eigenvalue weighted by Gasteiger charge is -2.43. The van der Waals surface area contributed by atoms with E-state index in [-0.39, 0.29) is 18.1 Å². The molecule has 0 aromatic heterocycles. The summed E-state index contributed by atoms with van der Waals surface area (Å²) in [5, 5.41) is 10.1. The molecule has 4 nitrogen and oxygen atoms in total. The van der Waals surface area contributed by atoms with Crippen molar-refractivity contribution in [2.24, 2.45) is 11.7 Å². The maximum absolute atomic E-state index is 11.6. The molecule has 4 atom stereocenters. The van der Waals surface area contributed by atoms with Gasteiger partial charge in [-0.3, -0.25) is 9.69 Å². The van der Waals surface area contributed by atoms with Crippen LogP contribution >= 0.6 is 0 Å². The van der Waals surface area contributed by atoms with Gasteiger partial charge in [0.05, 0.1) is 12.1 Å². The molecule has 1 saturated carbocycles. The predicted octanol–water partition coefficient (Wildman–Crippen LogP) is 1.27. The highest BCUT2D eigenvalue weighted by Gasteiger charge is 2.40. The molecule has 1 aliphatic heterocycles. The molecule has 2 fully saturated rings. The van der Waals surface area contributed by atoms with E-state index in [1.165, 1.54) is 6.42 Å². The van der Waals surface area contributed by atoms with Crippen molar-refractivity contribution >= 4 is 5.91 Å². The number of piperidine rings is 1. The summed E-state index contributed by atoms with van der Waals surface area (Å²) in [6, 6.07) is 0.205. The van der Waals surface area contributed by atoms with Crippen molar-refractivity contribution in [1.82, 2.24) is 4.90 Å². The van der Waals surface area contributed by atoms with Crippen LogP contribution in [0.4, 0.5) is 0 Å². The van der Waals surface area contributed by atoms with Gasteiger partial charge in [0.15, 0.2) is 0 Å². The van der Waals surface area contributed by atoms with Gasteiger partial charge in [-0.2, -0.15) is 0 Å². The summed E-state index contributed by atoms with van der Waals surface area (Å²) in [4.78, 5) is 13.9. The first-order valence-electron chi connectivity index (χ1n) is 7.38. The minimum atomic E-state index is -0.211. The average Bonchev–Trinajstić information content (AvgIpc) is 2.76. The molecule has 18 heavy (non-hydrogen) atoms. The summed E-state index contributed by atoms with van der Waals surface area (Å²) >= 11 is 0. The Labute approximate surface area is 110 Å². The van der Waals surface area contributed by atoms with E-state index in [4.69, 9.17) is 5.73 Å². The SMILES string of the molecule is CCC(C(N)=O)N1CCCCC1C1CCCC1O. The zero-order chi connectivity index (χ0) is 13.1. The monoisotopic (exact) mass is 254 g/mol.